The summed E-state index contributed by atoms with van der Waals surface area (Å²) in [6.07, 6.45) is 9.97. The molecule has 4 aromatic heterocycles. The highest BCUT2D eigenvalue weighted by atomic mass is 28.3. The van der Waals surface area contributed by atoms with Gasteiger partial charge in [-0.25, -0.2) is 9.67 Å². The molecule has 4 unspecified atom stereocenters. The highest BCUT2D eigenvalue weighted by Gasteiger charge is 2.36. The Morgan fingerprint density at radius 1 is 0.800 bits per heavy atom. The predicted octanol–water partition coefficient (Wildman–Crippen LogP) is 5.16. The van der Waals surface area contributed by atoms with Gasteiger partial charge in [-0.2, -0.15) is 5.10 Å². The number of primary amides is 1. The number of piperidine rings is 2. The van der Waals surface area contributed by atoms with Crippen molar-refractivity contribution in [2.75, 3.05) is 45.0 Å². The number of carbonyl (C=O) groups excluding carboxylic acids is 4. The van der Waals surface area contributed by atoms with Gasteiger partial charge in [-0.05, 0) is 80.7 Å². The summed E-state index contributed by atoms with van der Waals surface area (Å²) >= 11 is 0. The lowest BCUT2D eigenvalue weighted by Crippen LogP contribution is -2.46. The summed E-state index contributed by atoms with van der Waals surface area (Å²) in [5, 5.41) is 7.75. The Morgan fingerprint density at radius 2 is 1.33 bits per heavy atom. The van der Waals surface area contributed by atoms with E-state index in [4.69, 9.17) is 25.7 Å². The van der Waals surface area contributed by atoms with E-state index in [0.29, 0.717) is 53.7 Å². The SMILES string of the molecule is COc1cc(C2CCC(C)CN2C(=O)C(=O)Nc2cnc(N)c3cnn(COCC[Si](C)(C)C)c23)cnc1C.COc1cc(C2CCC(C)CN2C(=O)C(N)=O)cnc1C. The van der Waals surface area contributed by atoms with Crippen LogP contribution in [0.15, 0.2) is 36.9 Å². The van der Waals surface area contributed by atoms with Crippen LogP contribution in [0.3, 0.4) is 0 Å². The van der Waals surface area contributed by atoms with E-state index in [2.05, 4.69) is 58.9 Å². The molecule has 0 radical (unpaired) electrons. The van der Waals surface area contributed by atoms with Crippen LogP contribution < -0.4 is 26.3 Å². The molecule has 2 aliphatic rings. The zero-order valence-electron chi connectivity index (χ0n) is 36.3. The Labute approximate surface area is 352 Å². The number of nitrogens with zero attached hydrogens (tertiary/aromatic N) is 7. The number of ether oxygens (including phenoxy) is 3. The lowest BCUT2D eigenvalue weighted by Gasteiger charge is -2.38. The van der Waals surface area contributed by atoms with Crippen molar-refractivity contribution in [2.24, 2.45) is 17.6 Å². The van der Waals surface area contributed by atoms with Gasteiger partial charge in [0, 0.05) is 40.2 Å². The van der Waals surface area contributed by atoms with Gasteiger partial charge in [0.25, 0.3) is 0 Å². The quantitative estimate of drug-likeness (QED) is 0.107. The summed E-state index contributed by atoms with van der Waals surface area (Å²) in [7, 11) is 1.94. The second kappa shape index (κ2) is 19.6. The third-order valence-corrected chi connectivity index (χ3v) is 12.8. The smallest absolute Gasteiger partial charge is 0.314 e. The van der Waals surface area contributed by atoms with Crippen LogP contribution in [0.2, 0.25) is 25.7 Å². The fourth-order valence-corrected chi connectivity index (χ4v) is 8.33. The second-order valence-electron chi connectivity index (χ2n) is 17.1. The normalized spacial score (nSPS) is 19.3. The molecule has 18 heteroatoms. The maximum Gasteiger partial charge on any atom is 0.314 e. The van der Waals surface area contributed by atoms with Crippen molar-refractivity contribution >= 4 is 54.1 Å². The molecule has 4 aromatic rings. The first-order valence-corrected chi connectivity index (χ1v) is 24.0. The fraction of sp³-hybridized carbons (Fsp3) is 0.524. The molecule has 4 amide bonds. The third kappa shape index (κ3) is 10.9. The van der Waals surface area contributed by atoms with Crippen molar-refractivity contribution in [1.29, 1.82) is 0 Å². The summed E-state index contributed by atoms with van der Waals surface area (Å²) in [6, 6.07) is 4.34. The molecule has 324 valence electrons. The summed E-state index contributed by atoms with van der Waals surface area (Å²) in [6.45, 7) is 16.5. The Balaban J connectivity index is 0.000000274. The Hall–Kier alpha value is -5.62. The van der Waals surface area contributed by atoms with Crippen LogP contribution in [0.5, 0.6) is 11.5 Å². The van der Waals surface area contributed by atoms with Crippen LogP contribution in [0.1, 0.15) is 74.1 Å². The van der Waals surface area contributed by atoms with E-state index in [9.17, 15) is 19.2 Å². The van der Waals surface area contributed by atoms with Crippen molar-refractivity contribution in [1.82, 2.24) is 34.5 Å². The van der Waals surface area contributed by atoms with Gasteiger partial charge >= 0.3 is 23.6 Å². The minimum atomic E-state index is -1.24. The van der Waals surface area contributed by atoms with Crippen molar-refractivity contribution in [3.8, 4) is 11.5 Å². The molecule has 0 saturated carbocycles. The van der Waals surface area contributed by atoms with Crippen molar-refractivity contribution in [3.63, 3.8) is 0 Å². The number of carbonyl (C=O) groups is 4. The average Bonchev–Trinajstić information content (AvgIpc) is 3.65. The Morgan fingerprint density at radius 3 is 1.83 bits per heavy atom. The van der Waals surface area contributed by atoms with Gasteiger partial charge < -0.3 is 40.8 Å². The zero-order valence-corrected chi connectivity index (χ0v) is 37.3. The number of aryl methyl sites for hydroxylation is 2. The number of nitrogen functional groups attached to an aromatic ring is 1. The van der Waals surface area contributed by atoms with Crippen molar-refractivity contribution < 1.29 is 33.4 Å². The van der Waals surface area contributed by atoms with Gasteiger partial charge in [0.05, 0.1) is 66.7 Å². The summed E-state index contributed by atoms with van der Waals surface area (Å²) in [4.78, 5) is 66.3. The molecule has 2 saturated heterocycles. The number of fused-ring (bicyclic) bond motifs is 1. The first-order valence-electron chi connectivity index (χ1n) is 20.3. The first-order chi connectivity index (χ1) is 28.4. The van der Waals surface area contributed by atoms with Crippen molar-refractivity contribution in [2.45, 2.75) is 97.9 Å². The predicted molar refractivity (Wildman–Crippen MR) is 231 cm³/mol. The fourth-order valence-electron chi connectivity index (χ4n) is 7.57. The molecule has 6 heterocycles. The van der Waals surface area contributed by atoms with Crippen LogP contribution in [-0.4, -0.2) is 100 Å². The van der Waals surface area contributed by atoms with Crippen LogP contribution in [0, 0.1) is 25.7 Å². The number of anilines is 2. The van der Waals surface area contributed by atoms with Crippen LogP contribution in [0.4, 0.5) is 11.5 Å². The maximum atomic E-state index is 13.6. The van der Waals surface area contributed by atoms with E-state index in [0.717, 1.165) is 54.2 Å². The lowest BCUT2D eigenvalue weighted by molar-refractivity contribution is -0.147. The van der Waals surface area contributed by atoms with Gasteiger partial charge in [0.1, 0.15) is 24.0 Å². The first kappa shape index (κ1) is 45.5. The minimum absolute atomic E-state index is 0.178. The number of hydrogen-bond donors (Lipinski definition) is 3. The van der Waals surface area contributed by atoms with E-state index >= 15 is 0 Å². The van der Waals surface area contributed by atoms with E-state index in [-0.39, 0.29) is 30.6 Å². The standard InChI is InChI=1S/C27H39N7O4Si.C15H21N3O3/c1-17-7-8-22(19-11-23(37-3)18(2)29-12-19)33(15-17)27(36)26(35)32-21-14-30-25(28)20-13-31-34(24(20)21)16-38-9-10-39(4,5)6;1-9-4-5-12(18(8-9)15(20)14(16)19)11-6-13(21-3)10(2)17-7-11/h11-14,17,22H,7-10,15-16H2,1-6H3,(H2,28,30)(H,32,35);6-7,9,12H,4-5,8H2,1-3H3,(H2,16,19). The van der Waals surface area contributed by atoms with E-state index in [1.807, 2.05) is 26.0 Å². The number of likely N-dealkylation sites (tertiary alicyclic amines) is 2. The van der Waals surface area contributed by atoms with Crippen molar-refractivity contribution in [3.05, 3.63) is 59.4 Å². The van der Waals surface area contributed by atoms with Gasteiger partial charge in [0.15, 0.2) is 0 Å². The highest BCUT2D eigenvalue weighted by molar-refractivity contribution is 6.76. The monoisotopic (exact) mass is 844 g/mol. The number of methoxy groups -OCH3 is 2. The topological polar surface area (TPSA) is 223 Å². The number of nitrogens with one attached hydrogen (secondary N) is 1. The summed E-state index contributed by atoms with van der Waals surface area (Å²) in [5.41, 5.74) is 15.4. The largest absolute Gasteiger partial charge is 0.495 e. The molecule has 0 aromatic carbocycles. The third-order valence-electron chi connectivity index (χ3n) is 11.1. The minimum Gasteiger partial charge on any atom is -0.495 e. The number of amides is 4. The van der Waals surface area contributed by atoms with Gasteiger partial charge in [-0.3, -0.25) is 29.1 Å². The average molecular weight is 845 g/mol. The van der Waals surface area contributed by atoms with E-state index in [1.54, 1.807) is 47.3 Å². The Kier molecular flexibility index (Phi) is 14.9. The number of nitrogens with two attached hydrogens (primary N) is 2. The molecule has 2 aliphatic heterocycles. The molecule has 0 bridgehead atoms. The molecule has 17 nitrogen and oxygen atoms in total. The molecular weight excluding hydrogens is 785 g/mol. The van der Waals surface area contributed by atoms with E-state index in [1.165, 1.54) is 6.20 Å². The van der Waals surface area contributed by atoms with Gasteiger partial charge in [-0.1, -0.05) is 33.5 Å². The molecule has 4 atom stereocenters. The lowest BCUT2D eigenvalue weighted by atomic mass is 9.90. The maximum absolute atomic E-state index is 13.6. The molecule has 60 heavy (non-hydrogen) atoms. The highest BCUT2D eigenvalue weighted by Crippen LogP contribution is 2.37. The zero-order chi connectivity index (χ0) is 43.9. The molecule has 0 aliphatic carbocycles. The number of aromatic nitrogens is 5. The Bertz CT molecular complexity index is 2190. The van der Waals surface area contributed by atoms with Gasteiger partial charge in [-0.15, -0.1) is 0 Å². The molecule has 6 rings (SSSR count). The number of pyridine rings is 3. The van der Waals surface area contributed by atoms with Crippen LogP contribution >= 0.6 is 0 Å². The van der Waals surface area contributed by atoms with Gasteiger partial charge in [0.2, 0.25) is 0 Å². The van der Waals surface area contributed by atoms with E-state index < -0.39 is 31.7 Å². The molecular formula is C42H60N10O7Si. The number of rotatable bonds is 10. The second-order valence-corrected chi connectivity index (χ2v) is 22.7. The van der Waals surface area contributed by atoms with Crippen LogP contribution in [-0.2, 0) is 30.6 Å². The molecule has 2 fully saturated rings. The molecule has 0 spiro atoms. The molecule has 5 N–H and O–H groups in total. The van der Waals surface area contributed by atoms with Crippen LogP contribution in [0.25, 0.3) is 10.9 Å². The summed E-state index contributed by atoms with van der Waals surface area (Å²) < 4.78 is 18.2. The summed E-state index contributed by atoms with van der Waals surface area (Å²) in [5.74, 6) is -0.686. The number of hydrogen-bond acceptors (Lipinski definition) is 12.